The number of hydrogen-bond donors (Lipinski definition) is 1. The summed E-state index contributed by atoms with van der Waals surface area (Å²) in [5, 5.41) is 0. The molecule has 0 saturated heterocycles. The van der Waals surface area contributed by atoms with E-state index in [0.717, 1.165) is 4.31 Å². The summed E-state index contributed by atoms with van der Waals surface area (Å²) in [4.78, 5) is 14.5. The molecule has 7 heteroatoms. The fraction of sp³-hybridized carbons (Fsp3) is 0.364. The lowest BCUT2D eigenvalue weighted by Crippen LogP contribution is -2.22. The van der Waals surface area contributed by atoms with E-state index in [4.69, 9.17) is 0 Å². The van der Waals surface area contributed by atoms with Crippen LogP contribution >= 0.6 is 0 Å². The number of sulfonamides is 1. The Labute approximate surface area is 105 Å². The van der Waals surface area contributed by atoms with Crippen LogP contribution in [-0.4, -0.2) is 36.4 Å². The van der Waals surface area contributed by atoms with Crippen LogP contribution in [0.5, 0.6) is 0 Å². The van der Waals surface area contributed by atoms with E-state index in [1.807, 2.05) is 6.92 Å². The molecule has 1 N–H and O–H groups in total. The molecule has 1 aromatic carbocycles. The highest BCUT2D eigenvalue weighted by molar-refractivity contribution is 7.89. The van der Waals surface area contributed by atoms with Gasteiger partial charge in [-0.25, -0.2) is 17.5 Å². The third kappa shape index (κ3) is 1.85. The maximum Gasteiger partial charge on any atom is 0.326 e. The highest BCUT2D eigenvalue weighted by Gasteiger charge is 2.18. The van der Waals surface area contributed by atoms with Crippen molar-refractivity contribution in [1.29, 1.82) is 0 Å². The molecule has 0 fully saturated rings. The van der Waals surface area contributed by atoms with E-state index in [0.29, 0.717) is 17.6 Å². The molecule has 1 aromatic heterocycles. The number of nitrogens with one attached hydrogen (secondary N) is 1. The zero-order valence-electron chi connectivity index (χ0n) is 10.5. The fourth-order valence-electron chi connectivity index (χ4n) is 1.82. The molecule has 0 aliphatic heterocycles. The predicted molar refractivity (Wildman–Crippen MR) is 69.1 cm³/mol. The largest absolute Gasteiger partial charge is 0.326 e. The van der Waals surface area contributed by atoms with E-state index >= 15 is 0 Å². The van der Waals surface area contributed by atoms with Crippen molar-refractivity contribution >= 4 is 21.1 Å². The maximum atomic E-state index is 12.0. The minimum absolute atomic E-state index is 0.182. The van der Waals surface area contributed by atoms with Gasteiger partial charge in [-0.05, 0) is 25.1 Å². The van der Waals surface area contributed by atoms with Gasteiger partial charge in [-0.3, -0.25) is 4.57 Å². The fourth-order valence-corrected chi connectivity index (χ4v) is 2.74. The quantitative estimate of drug-likeness (QED) is 0.886. The van der Waals surface area contributed by atoms with Gasteiger partial charge in [0.05, 0.1) is 15.9 Å². The summed E-state index contributed by atoms with van der Waals surface area (Å²) >= 11 is 0. The minimum atomic E-state index is -3.48. The summed E-state index contributed by atoms with van der Waals surface area (Å²) in [5.74, 6) is 0. The van der Waals surface area contributed by atoms with Crippen molar-refractivity contribution < 1.29 is 8.42 Å². The monoisotopic (exact) mass is 269 g/mol. The maximum absolute atomic E-state index is 12.0. The minimum Gasteiger partial charge on any atom is -0.306 e. The zero-order chi connectivity index (χ0) is 13.5. The second-order valence-corrected chi connectivity index (χ2v) is 6.29. The molecule has 0 saturated carbocycles. The molecule has 0 atom stereocenters. The van der Waals surface area contributed by atoms with Crippen LogP contribution in [0.4, 0.5) is 0 Å². The number of aromatic amines is 1. The van der Waals surface area contributed by atoms with Crippen LogP contribution in [0.25, 0.3) is 11.0 Å². The first-order chi connectivity index (χ1) is 8.37. The molecule has 2 aromatic rings. The van der Waals surface area contributed by atoms with Gasteiger partial charge in [0.1, 0.15) is 0 Å². The molecular weight excluding hydrogens is 254 g/mol. The molecule has 0 radical (unpaired) electrons. The first kappa shape index (κ1) is 12.8. The third-order valence-electron chi connectivity index (χ3n) is 2.84. The Morgan fingerprint density at radius 2 is 2.00 bits per heavy atom. The summed E-state index contributed by atoms with van der Waals surface area (Å²) in [5.41, 5.74) is 1.01. The van der Waals surface area contributed by atoms with Gasteiger partial charge in [0, 0.05) is 20.6 Å². The highest BCUT2D eigenvalue weighted by atomic mass is 32.2. The molecule has 18 heavy (non-hydrogen) atoms. The van der Waals surface area contributed by atoms with Crippen LogP contribution in [0, 0.1) is 0 Å². The Balaban J connectivity index is 2.75. The molecule has 0 amide bonds. The van der Waals surface area contributed by atoms with E-state index in [1.54, 1.807) is 6.07 Å². The number of H-pyrrole nitrogens is 1. The van der Waals surface area contributed by atoms with E-state index in [9.17, 15) is 13.2 Å². The first-order valence-corrected chi connectivity index (χ1v) is 6.97. The van der Waals surface area contributed by atoms with Crippen molar-refractivity contribution in [2.45, 2.75) is 18.4 Å². The number of benzene rings is 1. The predicted octanol–water partition coefficient (Wildman–Crippen LogP) is 0.600. The number of fused-ring (bicyclic) bond motifs is 1. The van der Waals surface area contributed by atoms with E-state index in [1.165, 1.54) is 30.8 Å². The molecule has 0 bridgehead atoms. The average molecular weight is 269 g/mol. The Morgan fingerprint density at radius 3 is 2.56 bits per heavy atom. The molecule has 98 valence electrons. The first-order valence-electron chi connectivity index (χ1n) is 5.53. The van der Waals surface area contributed by atoms with Gasteiger partial charge in [0.2, 0.25) is 10.0 Å². The highest BCUT2D eigenvalue weighted by Crippen LogP contribution is 2.18. The van der Waals surface area contributed by atoms with Crippen LogP contribution in [0.3, 0.4) is 0 Å². The van der Waals surface area contributed by atoms with Gasteiger partial charge in [-0.2, -0.15) is 0 Å². The Hall–Kier alpha value is -1.60. The molecule has 2 rings (SSSR count). The lowest BCUT2D eigenvalue weighted by molar-refractivity contribution is 0.521. The van der Waals surface area contributed by atoms with Gasteiger partial charge in [0.25, 0.3) is 0 Å². The SMILES string of the molecule is CCn1c(=O)[nH]c2ccc(S(=O)(=O)N(C)C)cc21. The van der Waals surface area contributed by atoms with Gasteiger partial charge in [0.15, 0.2) is 0 Å². The molecule has 1 heterocycles. The topological polar surface area (TPSA) is 75.2 Å². The second kappa shape index (κ2) is 4.25. The molecular formula is C11H15N3O3S. The number of hydrogen-bond acceptors (Lipinski definition) is 3. The van der Waals surface area contributed by atoms with Crippen molar-refractivity contribution in [3.63, 3.8) is 0 Å². The molecule has 0 unspecified atom stereocenters. The van der Waals surface area contributed by atoms with Crippen molar-refractivity contribution in [2.75, 3.05) is 14.1 Å². The van der Waals surface area contributed by atoms with Crippen LogP contribution in [0.1, 0.15) is 6.92 Å². The number of aromatic nitrogens is 2. The normalized spacial score (nSPS) is 12.4. The lowest BCUT2D eigenvalue weighted by atomic mass is 10.3. The van der Waals surface area contributed by atoms with Crippen LogP contribution in [0.15, 0.2) is 27.9 Å². The Morgan fingerprint density at radius 1 is 1.33 bits per heavy atom. The van der Waals surface area contributed by atoms with Crippen molar-refractivity contribution in [3.8, 4) is 0 Å². The molecule has 0 spiro atoms. The van der Waals surface area contributed by atoms with Gasteiger partial charge in [-0.15, -0.1) is 0 Å². The molecule has 6 nitrogen and oxygen atoms in total. The van der Waals surface area contributed by atoms with Crippen molar-refractivity contribution in [2.24, 2.45) is 0 Å². The average Bonchev–Trinajstić information content (AvgIpc) is 2.62. The zero-order valence-corrected chi connectivity index (χ0v) is 11.3. The smallest absolute Gasteiger partial charge is 0.306 e. The van der Waals surface area contributed by atoms with E-state index < -0.39 is 10.0 Å². The van der Waals surface area contributed by atoms with Crippen LogP contribution < -0.4 is 5.69 Å². The standard InChI is InChI=1S/C11H15N3O3S/c1-4-14-10-7-8(18(16,17)13(2)3)5-6-9(10)12-11(14)15/h5-7H,4H2,1-3H3,(H,12,15). The summed E-state index contributed by atoms with van der Waals surface area (Å²) in [6.45, 7) is 2.33. The number of rotatable bonds is 3. The molecule has 0 aliphatic rings. The Bertz CT molecular complexity index is 740. The summed E-state index contributed by atoms with van der Waals surface area (Å²) in [6, 6.07) is 4.62. The van der Waals surface area contributed by atoms with E-state index in [-0.39, 0.29) is 10.6 Å². The van der Waals surface area contributed by atoms with Crippen LogP contribution in [-0.2, 0) is 16.6 Å². The van der Waals surface area contributed by atoms with Crippen molar-refractivity contribution in [3.05, 3.63) is 28.7 Å². The molecule has 0 aliphatic carbocycles. The number of aryl methyl sites for hydroxylation is 1. The van der Waals surface area contributed by atoms with Gasteiger partial charge in [-0.1, -0.05) is 0 Å². The Kier molecular flexibility index (Phi) is 3.04. The second-order valence-electron chi connectivity index (χ2n) is 4.14. The van der Waals surface area contributed by atoms with Gasteiger partial charge < -0.3 is 4.98 Å². The van der Waals surface area contributed by atoms with Crippen LogP contribution in [0.2, 0.25) is 0 Å². The third-order valence-corrected chi connectivity index (χ3v) is 4.65. The van der Waals surface area contributed by atoms with Crippen molar-refractivity contribution in [1.82, 2.24) is 13.9 Å². The summed E-state index contributed by atoms with van der Waals surface area (Å²) in [6.07, 6.45) is 0. The summed E-state index contributed by atoms with van der Waals surface area (Å²) in [7, 11) is -0.529. The number of imidazole rings is 1. The van der Waals surface area contributed by atoms with E-state index in [2.05, 4.69) is 4.98 Å². The van der Waals surface area contributed by atoms with Gasteiger partial charge >= 0.3 is 5.69 Å². The number of nitrogens with zero attached hydrogens (tertiary/aromatic N) is 2. The summed E-state index contributed by atoms with van der Waals surface area (Å²) < 4.78 is 26.7. The lowest BCUT2D eigenvalue weighted by Gasteiger charge is -2.11.